The largest absolute Gasteiger partial charge is 0.309 e. The Hall–Kier alpha value is -8.60. The maximum atomic E-state index is 5.52. The number of fused-ring (bicyclic) bond motifs is 12. The van der Waals surface area contributed by atoms with Crippen LogP contribution in [0.15, 0.2) is 218 Å². The Bertz CT molecular complexity index is 4160. The van der Waals surface area contributed by atoms with E-state index in [4.69, 9.17) is 9.97 Å². The quantitative estimate of drug-likeness (QED) is 0.173. The Kier molecular flexibility index (Phi) is 8.00. The number of aromatic nitrogens is 4. The van der Waals surface area contributed by atoms with Gasteiger partial charge in [0.05, 0.1) is 33.3 Å². The van der Waals surface area contributed by atoms with Gasteiger partial charge in [0, 0.05) is 60.2 Å². The predicted octanol–water partition coefficient (Wildman–Crippen LogP) is 16.3. The van der Waals surface area contributed by atoms with E-state index in [1.807, 2.05) is 0 Å². The Morgan fingerprint density at radius 3 is 1.87 bits per heavy atom. The second-order valence-electron chi connectivity index (χ2n) is 18.6. The lowest BCUT2D eigenvalue weighted by Crippen LogP contribution is -2.15. The molecule has 0 saturated carbocycles. The monoisotopic (exact) mass is 854 g/mol. The van der Waals surface area contributed by atoms with Crippen molar-refractivity contribution in [3.63, 3.8) is 0 Å². The minimum absolute atomic E-state index is 0.138. The number of nitrogens with zero attached hydrogens (tertiary/aromatic N) is 4. The predicted molar refractivity (Wildman–Crippen MR) is 280 cm³/mol. The maximum Gasteiger partial charge on any atom is 0.160 e. The Morgan fingerprint density at radius 1 is 0.358 bits per heavy atom. The van der Waals surface area contributed by atoms with Gasteiger partial charge in [-0.05, 0) is 93.4 Å². The topological polar surface area (TPSA) is 35.6 Å². The van der Waals surface area contributed by atoms with Crippen molar-refractivity contribution in [3.8, 4) is 56.3 Å². The third-order valence-corrected chi connectivity index (χ3v) is 14.5. The van der Waals surface area contributed by atoms with E-state index >= 15 is 0 Å². The zero-order valence-corrected chi connectivity index (χ0v) is 37.1. The molecule has 0 fully saturated rings. The Labute approximate surface area is 387 Å². The van der Waals surface area contributed by atoms with Crippen LogP contribution < -0.4 is 0 Å². The molecule has 13 aromatic rings. The first kappa shape index (κ1) is 37.7. The van der Waals surface area contributed by atoms with Gasteiger partial charge in [0.25, 0.3) is 0 Å². The van der Waals surface area contributed by atoms with E-state index in [1.165, 1.54) is 76.7 Å². The highest BCUT2D eigenvalue weighted by molar-refractivity contribution is 6.23. The van der Waals surface area contributed by atoms with Crippen molar-refractivity contribution < 1.29 is 0 Å². The molecule has 67 heavy (non-hydrogen) atoms. The number of hydrogen-bond donors (Lipinski definition) is 0. The van der Waals surface area contributed by atoms with Gasteiger partial charge in [0.1, 0.15) is 0 Å². The number of para-hydroxylation sites is 2. The van der Waals surface area contributed by atoms with Crippen LogP contribution in [-0.4, -0.2) is 19.1 Å². The molecule has 0 amide bonds. The molecule has 10 aromatic carbocycles. The first-order valence-electron chi connectivity index (χ1n) is 23.2. The molecule has 0 N–H and O–H groups in total. The molecular weight excluding hydrogens is 813 g/mol. The minimum atomic E-state index is -0.138. The van der Waals surface area contributed by atoms with E-state index in [0.29, 0.717) is 0 Å². The van der Waals surface area contributed by atoms with E-state index < -0.39 is 0 Å². The molecule has 1 aliphatic carbocycles. The standard InChI is InChI=1S/C63H42N4/c1-63(2)54-23-13-11-21-47(54)48-32-30-43(35-55(48)63)62-64-56-34-31-45(36-53(56)60(65-62)42-27-25-40(26-28-42)39-15-5-3-6-16-39)66-57-24-14-12-22-49(57)51-37-52-50-33-29-41-17-9-10-20-46(41)61(50)67(59(52)38-58(51)66)44-18-7-4-8-19-44/h3-38H,1-2H3. The van der Waals surface area contributed by atoms with Gasteiger partial charge in [-0.2, -0.15) is 0 Å². The molecule has 0 radical (unpaired) electrons. The van der Waals surface area contributed by atoms with Crippen LogP contribution in [0.3, 0.4) is 0 Å². The maximum absolute atomic E-state index is 5.52. The van der Waals surface area contributed by atoms with Crippen molar-refractivity contribution in [2.45, 2.75) is 19.3 Å². The summed E-state index contributed by atoms with van der Waals surface area (Å²) in [6, 6.07) is 79.5. The smallest absolute Gasteiger partial charge is 0.160 e. The van der Waals surface area contributed by atoms with Crippen molar-refractivity contribution in [2.24, 2.45) is 0 Å². The first-order chi connectivity index (χ1) is 33.0. The third kappa shape index (κ3) is 5.60. The molecule has 0 spiro atoms. The third-order valence-electron chi connectivity index (χ3n) is 14.5. The van der Waals surface area contributed by atoms with Crippen LogP contribution in [-0.2, 0) is 5.41 Å². The summed E-state index contributed by atoms with van der Waals surface area (Å²) in [5.41, 5.74) is 18.2. The molecule has 4 nitrogen and oxygen atoms in total. The highest BCUT2D eigenvalue weighted by atomic mass is 15.0. The van der Waals surface area contributed by atoms with E-state index in [2.05, 4.69) is 241 Å². The van der Waals surface area contributed by atoms with Gasteiger partial charge >= 0.3 is 0 Å². The van der Waals surface area contributed by atoms with Gasteiger partial charge in [0.15, 0.2) is 5.82 Å². The summed E-state index contributed by atoms with van der Waals surface area (Å²) in [5, 5.41) is 8.38. The minimum Gasteiger partial charge on any atom is -0.309 e. The van der Waals surface area contributed by atoms with Crippen LogP contribution in [0.2, 0.25) is 0 Å². The average Bonchev–Trinajstić information content (AvgIpc) is 3.98. The summed E-state index contributed by atoms with van der Waals surface area (Å²) >= 11 is 0. The van der Waals surface area contributed by atoms with E-state index in [-0.39, 0.29) is 5.41 Å². The van der Waals surface area contributed by atoms with Crippen molar-refractivity contribution in [1.82, 2.24) is 19.1 Å². The fourth-order valence-electron chi connectivity index (χ4n) is 11.3. The fraction of sp³-hybridized carbons (Fsp3) is 0.0476. The molecule has 0 aliphatic heterocycles. The summed E-state index contributed by atoms with van der Waals surface area (Å²) in [5.74, 6) is 0.720. The lowest BCUT2D eigenvalue weighted by atomic mass is 9.82. The number of rotatable bonds is 5. The van der Waals surface area contributed by atoms with E-state index in [9.17, 15) is 0 Å². The van der Waals surface area contributed by atoms with E-state index in [1.54, 1.807) is 0 Å². The SMILES string of the molecule is CC1(C)c2ccccc2-c2ccc(-c3nc(-c4ccc(-c5ccccc5)cc4)c4cc(-n5c6ccccc6c6cc7c8ccc9ccccc9c8n(-c8ccccc8)c7cc65)ccc4n3)cc21. The molecule has 314 valence electrons. The van der Waals surface area contributed by atoms with Crippen molar-refractivity contribution in [3.05, 3.63) is 230 Å². The van der Waals surface area contributed by atoms with Crippen molar-refractivity contribution in [1.29, 1.82) is 0 Å². The number of benzene rings is 10. The van der Waals surface area contributed by atoms with Gasteiger partial charge in [-0.1, -0.05) is 178 Å². The van der Waals surface area contributed by atoms with Gasteiger partial charge in [-0.3, -0.25) is 0 Å². The molecule has 1 aliphatic rings. The highest BCUT2D eigenvalue weighted by Crippen LogP contribution is 2.50. The van der Waals surface area contributed by atoms with Crippen LogP contribution in [0.25, 0.3) is 122 Å². The molecule has 4 heteroatoms. The summed E-state index contributed by atoms with van der Waals surface area (Å²) < 4.78 is 4.89. The zero-order chi connectivity index (χ0) is 44.4. The molecule has 0 unspecified atom stereocenters. The second-order valence-corrected chi connectivity index (χ2v) is 18.6. The molecule has 0 atom stereocenters. The molecule has 3 heterocycles. The summed E-state index contributed by atoms with van der Waals surface area (Å²) in [7, 11) is 0. The molecular formula is C63H42N4. The van der Waals surface area contributed by atoms with Crippen LogP contribution in [0.4, 0.5) is 0 Å². The fourth-order valence-corrected chi connectivity index (χ4v) is 11.3. The summed E-state index contributed by atoms with van der Waals surface area (Å²) in [6.07, 6.45) is 0. The number of hydrogen-bond acceptors (Lipinski definition) is 2. The van der Waals surface area contributed by atoms with Gasteiger partial charge in [-0.25, -0.2) is 9.97 Å². The molecule has 0 saturated heterocycles. The molecule has 3 aromatic heterocycles. The first-order valence-corrected chi connectivity index (χ1v) is 23.2. The van der Waals surface area contributed by atoms with Crippen LogP contribution in [0.5, 0.6) is 0 Å². The molecule has 14 rings (SSSR count). The lowest BCUT2D eigenvalue weighted by molar-refractivity contribution is 0.660. The van der Waals surface area contributed by atoms with E-state index in [0.717, 1.165) is 56.0 Å². The van der Waals surface area contributed by atoms with Gasteiger partial charge in [-0.15, -0.1) is 0 Å². The highest BCUT2D eigenvalue weighted by Gasteiger charge is 2.35. The van der Waals surface area contributed by atoms with Crippen molar-refractivity contribution in [2.75, 3.05) is 0 Å². The normalized spacial score (nSPS) is 13.0. The van der Waals surface area contributed by atoms with Crippen molar-refractivity contribution >= 4 is 65.3 Å². The van der Waals surface area contributed by atoms with Gasteiger partial charge < -0.3 is 9.13 Å². The van der Waals surface area contributed by atoms with Crippen LogP contribution in [0.1, 0.15) is 25.0 Å². The lowest BCUT2D eigenvalue weighted by Gasteiger charge is -2.22. The Balaban J connectivity index is 1.01. The van der Waals surface area contributed by atoms with Gasteiger partial charge in [0.2, 0.25) is 0 Å². The Morgan fingerprint density at radius 2 is 1.01 bits per heavy atom. The zero-order valence-electron chi connectivity index (χ0n) is 37.1. The van der Waals surface area contributed by atoms with Crippen LogP contribution >= 0.6 is 0 Å². The molecule has 0 bridgehead atoms. The second kappa shape index (κ2) is 14.2. The van der Waals surface area contributed by atoms with Crippen LogP contribution in [0, 0.1) is 0 Å². The summed E-state index contributed by atoms with van der Waals surface area (Å²) in [4.78, 5) is 10.9. The summed E-state index contributed by atoms with van der Waals surface area (Å²) in [6.45, 7) is 4.65. The average molecular weight is 855 g/mol.